The fourth-order valence-electron chi connectivity index (χ4n) is 2.63. The summed E-state index contributed by atoms with van der Waals surface area (Å²) in [6.07, 6.45) is 0.424. The summed E-state index contributed by atoms with van der Waals surface area (Å²) in [5, 5.41) is 2.73. The fraction of sp³-hybridized carbons (Fsp3) is 0.316. The van der Waals surface area contributed by atoms with Gasteiger partial charge in [-0.2, -0.15) is 0 Å². The number of cyclic esters (lactones) is 1. The van der Waals surface area contributed by atoms with E-state index in [0.717, 1.165) is 0 Å². The number of anilines is 1. The zero-order valence-corrected chi connectivity index (χ0v) is 15.3. The number of hydrogen-bond donors (Lipinski definition) is 1. The molecule has 0 unspecified atom stereocenters. The highest BCUT2D eigenvalue weighted by Gasteiger charge is 2.32. The van der Waals surface area contributed by atoms with Gasteiger partial charge in [-0.1, -0.05) is 0 Å². The number of methoxy groups -OCH3 is 1. The Hall–Kier alpha value is -3.20. The monoisotopic (exact) mass is 389 g/mol. The summed E-state index contributed by atoms with van der Waals surface area (Å²) in [5.74, 6) is -0.405. The molecule has 1 fully saturated rings. The molecule has 148 valence electrons. The summed E-state index contributed by atoms with van der Waals surface area (Å²) in [4.78, 5) is 29.8. The number of aromatic nitrogens is 1. The van der Waals surface area contributed by atoms with Crippen LogP contribution in [0.5, 0.6) is 5.88 Å². The third kappa shape index (κ3) is 4.95. The molecule has 0 radical (unpaired) electrons. The molecule has 0 saturated carbocycles. The van der Waals surface area contributed by atoms with Crippen molar-refractivity contribution < 1.29 is 28.2 Å². The summed E-state index contributed by atoms with van der Waals surface area (Å²) in [7, 11) is 1.56. The lowest BCUT2D eigenvalue weighted by Crippen LogP contribution is -2.34. The van der Waals surface area contributed by atoms with Gasteiger partial charge in [0, 0.05) is 30.6 Å². The van der Waals surface area contributed by atoms with Gasteiger partial charge in [0.2, 0.25) is 5.88 Å². The molecule has 1 saturated heterocycles. The smallest absolute Gasteiger partial charge is 0.414 e. The summed E-state index contributed by atoms with van der Waals surface area (Å²) in [5.41, 5.74) is 0.911. The van der Waals surface area contributed by atoms with Crippen molar-refractivity contribution in [3.8, 4) is 5.88 Å². The second-order valence-electron chi connectivity index (χ2n) is 6.03. The normalized spacial score (nSPS) is 16.0. The van der Waals surface area contributed by atoms with Crippen LogP contribution in [0.15, 0.2) is 42.6 Å². The van der Waals surface area contributed by atoms with E-state index in [1.807, 2.05) is 0 Å². The molecule has 28 heavy (non-hydrogen) atoms. The topological polar surface area (TPSA) is 90.0 Å². The Kier molecular flexibility index (Phi) is 6.38. The van der Waals surface area contributed by atoms with E-state index in [4.69, 9.17) is 14.2 Å². The number of nitrogens with zero attached hydrogens (tertiary/aromatic N) is 2. The van der Waals surface area contributed by atoms with Gasteiger partial charge in [-0.3, -0.25) is 9.69 Å². The van der Waals surface area contributed by atoms with Crippen molar-refractivity contribution >= 4 is 17.7 Å². The van der Waals surface area contributed by atoms with Crippen LogP contribution >= 0.6 is 0 Å². The van der Waals surface area contributed by atoms with Gasteiger partial charge in [0.15, 0.2) is 0 Å². The molecule has 3 rings (SSSR count). The maximum atomic E-state index is 13.0. The van der Waals surface area contributed by atoms with E-state index in [1.54, 1.807) is 13.2 Å². The van der Waals surface area contributed by atoms with Crippen LogP contribution < -0.4 is 15.0 Å². The number of carbonyl (C=O) groups is 2. The van der Waals surface area contributed by atoms with E-state index < -0.39 is 12.2 Å². The van der Waals surface area contributed by atoms with Crippen molar-refractivity contribution in [2.24, 2.45) is 0 Å². The lowest BCUT2D eigenvalue weighted by atomic mass is 10.2. The molecule has 0 spiro atoms. The van der Waals surface area contributed by atoms with Crippen LogP contribution in [0.2, 0.25) is 0 Å². The molecule has 0 bridgehead atoms. The minimum atomic E-state index is -0.538. The van der Waals surface area contributed by atoms with E-state index in [2.05, 4.69) is 10.3 Å². The zero-order chi connectivity index (χ0) is 19.9. The quantitative estimate of drug-likeness (QED) is 0.695. The fourth-order valence-corrected chi connectivity index (χ4v) is 2.63. The molecule has 2 amide bonds. The first-order chi connectivity index (χ1) is 13.6. The Labute approximate surface area is 161 Å². The number of pyridine rings is 1. The van der Waals surface area contributed by atoms with Crippen LogP contribution in [0.1, 0.15) is 10.4 Å². The molecule has 1 aliphatic heterocycles. The largest absolute Gasteiger partial charge is 0.475 e. The predicted molar refractivity (Wildman–Crippen MR) is 98.0 cm³/mol. The van der Waals surface area contributed by atoms with Crippen molar-refractivity contribution in [3.63, 3.8) is 0 Å². The summed E-state index contributed by atoms with van der Waals surface area (Å²) < 4.78 is 28.6. The van der Waals surface area contributed by atoms with E-state index in [0.29, 0.717) is 30.3 Å². The lowest BCUT2D eigenvalue weighted by Gasteiger charge is -2.13. The van der Waals surface area contributed by atoms with Gasteiger partial charge in [-0.25, -0.2) is 14.2 Å². The molecule has 0 aliphatic carbocycles. The molecule has 1 aromatic carbocycles. The summed E-state index contributed by atoms with van der Waals surface area (Å²) in [6.45, 7) is 1.14. The van der Waals surface area contributed by atoms with Crippen molar-refractivity contribution in [2.45, 2.75) is 6.10 Å². The van der Waals surface area contributed by atoms with Crippen LogP contribution in [-0.2, 0) is 9.47 Å². The van der Waals surface area contributed by atoms with Gasteiger partial charge in [-0.05, 0) is 30.3 Å². The highest BCUT2D eigenvalue weighted by atomic mass is 19.1. The number of nitrogens with one attached hydrogen (secondary N) is 1. The molecule has 1 N–H and O–H groups in total. The minimum Gasteiger partial charge on any atom is -0.475 e. The molecule has 8 nitrogen and oxygen atoms in total. The Balaban J connectivity index is 1.53. The number of hydrogen-bond acceptors (Lipinski definition) is 6. The lowest BCUT2D eigenvalue weighted by molar-refractivity contribution is 0.0915. The highest BCUT2D eigenvalue weighted by molar-refractivity contribution is 5.94. The van der Waals surface area contributed by atoms with Crippen LogP contribution in [0.3, 0.4) is 0 Å². The first-order valence-corrected chi connectivity index (χ1v) is 8.66. The number of benzene rings is 1. The summed E-state index contributed by atoms with van der Waals surface area (Å²) >= 11 is 0. The van der Waals surface area contributed by atoms with Crippen LogP contribution in [0.25, 0.3) is 0 Å². The average Bonchev–Trinajstić information content (AvgIpc) is 3.08. The molecule has 9 heteroatoms. The third-order valence-corrected chi connectivity index (χ3v) is 4.04. The van der Waals surface area contributed by atoms with Crippen LogP contribution in [-0.4, -0.2) is 56.5 Å². The molecule has 1 aromatic heterocycles. The van der Waals surface area contributed by atoms with Crippen molar-refractivity contribution in [3.05, 3.63) is 54.0 Å². The number of rotatable bonds is 8. The maximum Gasteiger partial charge on any atom is 0.414 e. The zero-order valence-electron chi connectivity index (χ0n) is 15.3. The number of halogens is 1. The first kappa shape index (κ1) is 19.6. The van der Waals surface area contributed by atoms with Gasteiger partial charge in [0.25, 0.3) is 5.91 Å². The third-order valence-electron chi connectivity index (χ3n) is 4.04. The summed E-state index contributed by atoms with van der Waals surface area (Å²) in [6, 6.07) is 8.63. The molecule has 2 aromatic rings. The Morgan fingerprint density at radius 1 is 1.32 bits per heavy atom. The van der Waals surface area contributed by atoms with Gasteiger partial charge < -0.3 is 19.5 Å². The predicted octanol–water partition coefficient (Wildman–Crippen LogP) is 2.00. The van der Waals surface area contributed by atoms with Gasteiger partial charge in [0.05, 0.1) is 19.7 Å². The Morgan fingerprint density at radius 3 is 2.86 bits per heavy atom. The maximum absolute atomic E-state index is 13.0. The van der Waals surface area contributed by atoms with Crippen LogP contribution in [0.4, 0.5) is 14.9 Å². The van der Waals surface area contributed by atoms with E-state index in [1.165, 1.54) is 41.4 Å². The van der Waals surface area contributed by atoms with Crippen molar-refractivity contribution in [1.82, 2.24) is 10.3 Å². The second kappa shape index (κ2) is 9.14. The number of ether oxygens (including phenoxy) is 3. The average molecular weight is 389 g/mol. The second-order valence-corrected chi connectivity index (χ2v) is 6.03. The SMILES string of the molecule is COCCOc1cc(C(=O)NC[C@@H]2CN(c3ccc(F)cc3)C(=O)O2)ccn1. The Morgan fingerprint density at radius 2 is 2.11 bits per heavy atom. The van der Waals surface area contributed by atoms with E-state index in [-0.39, 0.29) is 24.8 Å². The molecule has 1 atom stereocenters. The van der Waals surface area contributed by atoms with Gasteiger partial charge >= 0.3 is 6.09 Å². The van der Waals surface area contributed by atoms with E-state index >= 15 is 0 Å². The Bertz CT molecular complexity index is 831. The standard InChI is InChI=1S/C19H20FN3O5/c1-26-8-9-27-17-10-13(6-7-21-17)18(24)22-11-16-12-23(19(25)28-16)15-4-2-14(20)3-5-15/h2-7,10,16H,8-9,11-12H2,1H3,(H,22,24)/t16-/m1/s1. The number of carbonyl (C=O) groups excluding carboxylic acids is 2. The highest BCUT2D eigenvalue weighted by Crippen LogP contribution is 2.21. The molecule has 2 heterocycles. The first-order valence-electron chi connectivity index (χ1n) is 8.66. The van der Waals surface area contributed by atoms with Crippen LogP contribution in [0, 0.1) is 5.82 Å². The van der Waals surface area contributed by atoms with Gasteiger partial charge in [-0.15, -0.1) is 0 Å². The molecule has 1 aliphatic rings. The van der Waals surface area contributed by atoms with Crippen molar-refractivity contribution in [2.75, 3.05) is 38.3 Å². The van der Waals surface area contributed by atoms with E-state index in [9.17, 15) is 14.0 Å². The number of amides is 2. The minimum absolute atomic E-state index is 0.143. The van der Waals surface area contributed by atoms with Gasteiger partial charge in [0.1, 0.15) is 18.5 Å². The molecular weight excluding hydrogens is 369 g/mol. The van der Waals surface area contributed by atoms with Crippen molar-refractivity contribution in [1.29, 1.82) is 0 Å². The molecular formula is C19H20FN3O5.